The lowest BCUT2D eigenvalue weighted by Crippen LogP contribution is -2.43. The predicted molar refractivity (Wildman–Crippen MR) is 54.8 cm³/mol. The second-order valence-electron chi connectivity index (χ2n) is 4.21. The van der Waals surface area contributed by atoms with Gasteiger partial charge in [0.2, 0.25) is 0 Å². The molecule has 2 rings (SSSR count). The predicted octanol–water partition coefficient (Wildman–Crippen LogP) is 0.488. The van der Waals surface area contributed by atoms with E-state index in [1.807, 2.05) is 0 Å². The van der Waals surface area contributed by atoms with Gasteiger partial charge in [0, 0.05) is 25.5 Å². The van der Waals surface area contributed by atoms with Crippen LogP contribution in [-0.2, 0) is 22.7 Å². The zero-order valence-electron chi connectivity index (χ0n) is 9.59. The third-order valence-corrected chi connectivity index (χ3v) is 2.87. The summed E-state index contributed by atoms with van der Waals surface area (Å²) in [5.41, 5.74) is 0. The maximum atomic E-state index is 12.4. The number of aromatic nitrogens is 2. The van der Waals surface area contributed by atoms with Gasteiger partial charge in [-0.1, -0.05) is 0 Å². The number of carbonyl (C=O) groups is 2. The van der Waals surface area contributed by atoms with E-state index in [-0.39, 0.29) is 18.9 Å². The topological polar surface area (TPSA) is 75.4 Å². The van der Waals surface area contributed by atoms with Gasteiger partial charge in [0.15, 0.2) is 0 Å². The number of fused-ring (bicyclic) bond motifs is 1. The zero-order valence-corrected chi connectivity index (χ0v) is 9.59. The molecule has 0 radical (unpaired) electrons. The summed E-state index contributed by atoms with van der Waals surface area (Å²) < 4.78 is 38.7. The molecule has 1 aromatic rings. The van der Waals surface area contributed by atoms with E-state index in [1.165, 1.54) is 17.0 Å². The first-order valence-corrected chi connectivity index (χ1v) is 5.38. The van der Waals surface area contributed by atoms with Crippen LogP contribution < -0.4 is 0 Å². The molecule has 1 atom stereocenters. The highest BCUT2D eigenvalue weighted by atomic mass is 19.4. The van der Waals surface area contributed by atoms with Crippen molar-refractivity contribution in [1.82, 2.24) is 14.5 Å². The average Bonchev–Trinajstić information content (AvgIpc) is 2.64. The summed E-state index contributed by atoms with van der Waals surface area (Å²) in [6, 6.07) is 0. The maximum Gasteiger partial charge on any atom is 0.471 e. The summed E-state index contributed by atoms with van der Waals surface area (Å²) >= 11 is 0. The third kappa shape index (κ3) is 2.69. The SMILES string of the molecule is O=C(O)C1CN(C(=O)C(F)(F)F)Cc2nccn2C1. The summed E-state index contributed by atoms with van der Waals surface area (Å²) in [7, 11) is 0. The van der Waals surface area contributed by atoms with Crippen molar-refractivity contribution in [2.24, 2.45) is 5.92 Å². The maximum absolute atomic E-state index is 12.4. The number of imidazole rings is 1. The van der Waals surface area contributed by atoms with Crippen LogP contribution in [0.2, 0.25) is 0 Å². The number of hydrogen-bond donors (Lipinski definition) is 1. The van der Waals surface area contributed by atoms with Crippen molar-refractivity contribution >= 4 is 11.9 Å². The molecule has 1 amide bonds. The second-order valence-corrected chi connectivity index (χ2v) is 4.21. The van der Waals surface area contributed by atoms with E-state index in [9.17, 15) is 22.8 Å². The van der Waals surface area contributed by atoms with Crippen molar-refractivity contribution in [3.05, 3.63) is 18.2 Å². The first-order valence-electron chi connectivity index (χ1n) is 5.38. The van der Waals surface area contributed by atoms with E-state index < -0.39 is 30.5 Å². The molecule has 0 saturated carbocycles. The minimum atomic E-state index is -5.02. The molecule has 1 unspecified atom stereocenters. The third-order valence-electron chi connectivity index (χ3n) is 2.87. The van der Waals surface area contributed by atoms with Crippen molar-refractivity contribution in [2.45, 2.75) is 19.3 Å². The molecule has 0 saturated heterocycles. The Morgan fingerprint density at radius 2 is 2.05 bits per heavy atom. The van der Waals surface area contributed by atoms with Gasteiger partial charge in [-0.2, -0.15) is 13.2 Å². The quantitative estimate of drug-likeness (QED) is 0.810. The van der Waals surface area contributed by atoms with E-state index in [2.05, 4.69) is 4.98 Å². The Labute approximate surface area is 105 Å². The highest BCUT2D eigenvalue weighted by Crippen LogP contribution is 2.23. The Morgan fingerprint density at radius 1 is 1.37 bits per heavy atom. The fourth-order valence-corrected chi connectivity index (χ4v) is 1.94. The van der Waals surface area contributed by atoms with Crippen LogP contribution in [0.15, 0.2) is 12.4 Å². The molecule has 1 aliphatic rings. The molecule has 0 aliphatic carbocycles. The standard InChI is InChI=1S/C10H10F3N3O3/c11-10(12,13)9(19)16-4-6(8(17)18)3-15-2-1-14-7(15)5-16/h1-2,6H,3-5H2,(H,17,18). The molecule has 1 aromatic heterocycles. The van der Waals surface area contributed by atoms with Gasteiger partial charge in [-0.15, -0.1) is 0 Å². The Kier molecular flexibility index (Phi) is 3.21. The summed E-state index contributed by atoms with van der Waals surface area (Å²) in [6.45, 7) is -0.849. The van der Waals surface area contributed by atoms with E-state index in [4.69, 9.17) is 5.11 Å². The van der Waals surface area contributed by atoms with Gasteiger partial charge in [-0.25, -0.2) is 4.98 Å². The number of amides is 1. The summed E-state index contributed by atoms with van der Waals surface area (Å²) in [5, 5.41) is 8.98. The molecular formula is C10H10F3N3O3. The van der Waals surface area contributed by atoms with Gasteiger partial charge >= 0.3 is 18.1 Å². The molecule has 0 fully saturated rings. The molecule has 1 N–H and O–H groups in total. The van der Waals surface area contributed by atoms with Crippen LogP contribution in [0.25, 0.3) is 0 Å². The Morgan fingerprint density at radius 3 is 2.63 bits per heavy atom. The van der Waals surface area contributed by atoms with E-state index in [0.29, 0.717) is 4.90 Å². The number of nitrogens with zero attached hydrogens (tertiary/aromatic N) is 3. The Balaban J connectivity index is 2.31. The first-order chi connectivity index (χ1) is 8.79. The molecule has 0 spiro atoms. The number of aliphatic carboxylic acids is 1. The van der Waals surface area contributed by atoms with Gasteiger partial charge in [0.1, 0.15) is 5.82 Å². The average molecular weight is 277 g/mol. The van der Waals surface area contributed by atoms with Crippen LogP contribution in [0, 0.1) is 5.92 Å². The van der Waals surface area contributed by atoms with Crippen molar-refractivity contribution in [2.75, 3.05) is 6.54 Å². The van der Waals surface area contributed by atoms with Gasteiger partial charge in [-0.3, -0.25) is 9.59 Å². The van der Waals surface area contributed by atoms with Crippen molar-refractivity contribution < 1.29 is 27.9 Å². The molecule has 19 heavy (non-hydrogen) atoms. The molecule has 0 bridgehead atoms. The summed E-state index contributed by atoms with van der Waals surface area (Å²) in [4.78, 5) is 26.6. The number of rotatable bonds is 1. The molecular weight excluding hydrogens is 267 g/mol. The number of hydrogen-bond acceptors (Lipinski definition) is 3. The smallest absolute Gasteiger partial charge is 0.471 e. The summed E-state index contributed by atoms with van der Waals surface area (Å²) in [6.07, 6.45) is -2.19. The molecule has 0 aromatic carbocycles. The molecule has 104 valence electrons. The number of carboxylic acids is 1. The Hall–Kier alpha value is -2.06. The molecule has 9 heteroatoms. The first kappa shape index (κ1) is 13.4. The van der Waals surface area contributed by atoms with Gasteiger partial charge in [-0.05, 0) is 0 Å². The number of carboxylic acid groups (broad SMARTS) is 1. The second kappa shape index (κ2) is 4.56. The van der Waals surface area contributed by atoms with Crippen LogP contribution in [0.3, 0.4) is 0 Å². The van der Waals surface area contributed by atoms with E-state index in [0.717, 1.165) is 0 Å². The molecule has 1 aliphatic heterocycles. The van der Waals surface area contributed by atoms with Gasteiger partial charge in [0.05, 0.1) is 12.5 Å². The zero-order chi connectivity index (χ0) is 14.2. The van der Waals surface area contributed by atoms with Crippen LogP contribution in [-0.4, -0.2) is 44.2 Å². The normalized spacial score (nSPS) is 19.7. The lowest BCUT2D eigenvalue weighted by atomic mass is 10.1. The van der Waals surface area contributed by atoms with Crippen LogP contribution >= 0.6 is 0 Å². The van der Waals surface area contributed by atoms with Crippen LogP contribution in [0.4, 0.5) is 13.2 Å². The van der Waals surface area contributed by atoms with Gasteiger partial charge in [0.25, 0.3) is 0 Å². The molecule has 6 nitrogen and oxygen atoms in total. The largest absolute Gasteiger partial charge is 0.481 e. The van der Waals surface area contributed by atoms with E-state index in [1.54, 1.807) is 0 Å². The minimum absolute atomic E-state index is 0.00764. The summed E-state index contributed by atoms with van der Waals surface area (Å²) in [5.74, 6) is -4.15. The Bertz CT molecular complexity index is 512. The lowest BCUT2D eigenvalue weighted by Gasteiger charge is -2.22. The fraction of sp³-hybridized carbons (Fsp3) is 0.500. The van der Waals surface area contributed by atoms with Crippen molar-refractivity contribution in [1.29, 1.82) is 0 Å². The number of halogens is 3. The van der Waals surface area contributed by atoms with Crippen molar-refractivity contribution in [3.63, 3.8) is 0 Å². The fourth-order valence-electron chi connectivity index (χ4n) is 1.94. The molecule has 2 heterocycles. The monoisotopic (exact) mass is 277 g/mol. The van der Waals surface area contributed by atoms with Crippen molar-refractivity contribution in [3.8, 4) is 0 Å². The van der Waals surface area contributed by atoms with E-state index >= 15 is 0 Å². The minimum Gasteiger partial charge on any atom is -0.481 e. The van der Waals surface area contributed by atoms with Crippen LogP contribution in [0.1, 0.15) is 5.82 Å². The highest BCUT2D eigenvalue weighted by molar-refractivity contribution is 5.82. The number of alkyl halides is 3. The number of carbonyl (C=O) groups excluding carboxylic acids is 1. The highest BCUT2D eigenvalue weighted by Gasteiger charge is 2.44. The lowest BCUT2D eigenvalue weighted by molar-refractivity contribution is -0.187. The van der Waals surface area contributed by atoms with Gasteiger partial charge < -0.3 is 14.6 Å². The van der Waals surface area contributed by atoms with Crippen LogP contribution in [0.5, 0.6) is 0 Å².